The number of Topliss-reactive ketones (excluding diaryl/α,β-unsaturated/α-hetero) is 1. The largest absolute Gasteiger partial charge is 0.481 e. The lowest BCUT2D eigenvalue weighted by Gasteiger charge is -2.30. The number of rotatable bonds is 27. The summed E-state index contributed by atoms with van der Waals surface area (Å²) in [5, 5.41) is 33.5. The van der Waals surface area contributed by atoms with E-state index >= 15 is 0 Å². The third kappa shape index (κ3) is 17.7. The third-order valence-electron chi connectivity index (χ3n) is 7.98. The number of ether oxygens (including phenoxy) is 2. The van der Waals surface area contributed by atoms with Gasteiger partial charge in [-0.1, -0.05) is 82.6 Å². The number of amides is 1. The standard InChI is InChI=1S/C38H55NO10/c1-4-7-9-12-15-18-30(40)19-16-13-10-11-14-17-20-32(38(47,37(45)46)28-34(41)49-25-6-3)35(42)39-33(36(43)44)27-29-21-23-31(24-22-29)48-26-8-5-2/h17,20-24,32-33,47H,4,6-7,9-16,18-19,25-28H2,1-3H3,(H,39,42)(H,43,44)(H,45,46)/t32-,33+,38+/m1/s1. The van der Waals surface area contributed by atoms with Gasteiger partial charge in [0.05, 0.1) is 18.9 Å². The van der Waals surface area contributed by atoms with E-state index < -0.39 is 47.8 Å². The van der Waals surface area contributed by atoms with E-state index in [0.29, 0.717) is 43.4 Å². The molecule has 0 saturated heterocycles. The Hall–Kier alpha value is -4.17. The molecule has 0 bridgehead atoms. The zero-order valence-corrected chi connectivity index (χ0v) is 29.3. The number of esters is 1. The summed E-state index contributed by atoms with van der Waals surface area (Å²) in [7, 11) is 0. The van der Waals surface area contributed by atoms with Gasteiger partial charge in [-0.25, -0.2) is 9.59 Å². The molecule has 3 atom stereocenters. The lowest BCUT2D eigenvalue weighted by atomic mass is 9.82. The molecule has 0 spiro atoms. The van der Waals surface area contributed by atoms with E-state index in [0.717, 1.165) is 38.5 Å². The van der Waals surface area contributed by atoms with Gasteiger partial charge in [0, 0.05) is 19.3 Å². The average molecular weight is 686 g/mol. The summed E-state index contributed by atoms with van der Waals surface area (Å²) in [5.41, 5.74) is -2.34. The van der Waals surface area contributed by atoms with Crippen molar-refractivity contribution >= 4 is 29.6 Å². The molecule has 49 heavy (non-hydrogen) atoms. The number of carboxylic acid groups (broad SMARTS) is 2. The molecule has 0 unspecified atom stereocenters. The fraction of sp³-hybridized carbons (Fsp3) is 0.605. The highest BCUT2D eigenvalue weighted by atomic mass is 16.5. The Morgan fingerprint density at radius 1 is 0.898 bits per heavy atom. The van der Waals surface area contributed by atoms with Gasteiger partial charge in [-0.3, -0.25) is 14.4 Å². The summed E-state index contributed by atoms with van der Waals surface area (Å²) < 4.78 is 10.5. The van der Waals surface area contributed by atoms with Crippen LogP contribution in [0, 0.1) is 17.8 Å². The number of benzene rings is 1. The van der Waals surface area contributed by atoms with Crippen molar-refractivity contribution in [3.63, 3.8) is 0 Å². The van der Waals surface area contributed by atoms with Gasteiger partial charge in [0.2, 0.25) is 5.91 Å². The zero-order chi connectivity index (χ0) is 36.5. The van der Waals surface area contributed by atoms with Crippen LogP contribution in [0.3, 0.4) is 0 Å². The second kappa shape index (κ2) is 24.9. The molecule has 272 valence electrons. The topological polar surface area (TPSA) is 177 Å². The number of hydrogen-bond donors (Lipinski definition) is 4. The first-order chi connectivity index (χ1) is 23.5. The second-order valence-electron chi connectivity index (χ2n) is 12.2. The van der Waals surface area contributed by atoms with Crippen molar-refractivity contribution in [2.45, 2.75) is 129 Å². The molecule has 0 saturated carbocycles. The average Bonchev–Trinajstić information content (AvgIpc) is 3.06. The van der Waals surface area contributed by atoms with E-state index in [1.807, 2.05) is 0 Å². The maximum absolute atomic E-state index is 13.5. The van der Waals surface area contributed by atoms with E-state index in [-0.39, 0.29) is 25.4 Å². The maximum Gasteiger partial charge on any atom is 0.337 e. The van der Waals surface area contributed by atoms with Gasteiger partial charge in [0.25, 0.3) is 0 Å². The molecule has 4 N–H and O–H groups in total. The Morgan fingerprint density at radius 3 is 2.10 bits per heavy atom. The van der Waals surface area contributed by atoms with Gasteiger partial charge in [-0.05, 0) is 56.7 Å². The van der Waals surface area contributed by atoms with Crippen molar-refractivity contribution in [1.29, 1.82) is 0 Å². The number of carboxylic acids is 2. The predicted octanol–water partition coefficient (Wildman–Crippen LogP) is 5.80. The molecular weight excluding hydrogens is 630 g/mol. The van der Waals surface area contributed by atoms with Crippen molar-refractivity contribution in [1.82, 2.24) is 5.32 Å². The van der Waals surface area contributed by atoms with Crippen molar-refractivity contribution in [3.8, 4) is 17.6 Å². The van der Waals surface area contributed by atoms with Crippen molar-refractivity contribution in [2.75, 3.05) is 13.2 Å². The normalized spacial score (nSPS) is 13.4. The summed E-state index contributed by atoms with van der Waals surface area (Å²) >= 11 is 0. The van der Waals surface area contributed by atoms with E-state index in [1.54, 1.807) is 44.2 Å². The number of aliphatic carboxylic acids is 2. The van der Waals surface area contributed by atoms with Crippen LogP contribution in [0.4, 0.5) is 0 Å². The Kier molecular flexibility index (Phi) is 21.8. The number of carbonyl (C=O) groups excluding carboxylic acids is 3. The first-order valence-corrected chi connectivity index (χ1v) is 17.4. The van der Waals surface area contributed by atoms with Gasteiger partial charge in [0.1, 0.15) is 24.2 Å². The number of aliphatic hydroxyl groups is 1. The van der Waals surface area contributed by atoms with E-state index in [2.05, 4.69) is 24.1 Å². The molecule has 0 heterocycles. The monoisotopic (exact) mass is 685 g/mol. The van der Waals surface area contributed by atoms with E-state index in [4.69, 9.17) is 9.47 Å². The Bertz CT molecular complexity index is 1260. The van der Waals surface area contributed by atoms with Crippen LogP contribution in [0.2, 0.25) is 0 Å². The van der Waals surface area contributed by atoms with E-state index in [9.17, 15) is 39.3 Å². The smallest absolute Gasteiger partial charge is 0.337 e. The predicted molar refractivity (Wildman–Crippen MR) is 186 cm³/mol. The Balaban J connectivity index is 2.94. The number of hydrogen-bond acceptors (Lipinski definition) is 8. The summed E-state index contributed by atoms with van der Waals surface area (Å²) in [6.45, 7) is 5.78. The number of allylic oxidation sites excluding steroid dienone is 1. The van der Waals surface area contributed by atoms with Gasteiger partial charge in [0.15, 0.2) is 5.60 Å². The summed E-state index contributed by atoms with van der Waals surface area (Å²) in [5.74, 6) is -0.778. The highest BCUT2D eigenvalue weighted by molar-refractivity contribution is 5.95. The SMILES string of the molecule is CC#CCOc1ccc(C[C@H](NC(=O)[C@@H](C=CCCCCCCC(=O)CCCCCCC)[C@@](O)(CC(=O)OCCC)C(=O)O)C(=O)O)cc1. The number of unbranched alkanes of at least 4 members (excludes halogenated alkanes) is 8. The lowest BCUT2D eigenvalue weighted by molar-refractivity contribution is -0.174. The summed E-state index contributed by atoms with van der Waals surface area (Å²) in [6.07, 6.45) is 12.3. The van der Waals surface area contributed by atoms with Crippen LogP contribution >= 0.6 is 0 Å². The fourth-order valence-corrected chi connectivity index (χ4v) is 5.10. The number of nitrogens with one attached hydrogen (secondary N) is 1. The third-order valence-corrected chi connectivity index (χ3v) is 7.98. The number of carbonyl (C=O) groups is 5. The minimum absolute atomic E-state index is 0.00269. The van der Waals surface area contributed by atoms with Gasteiger partial charge < -0.3 is 30.1 Å². The van der Waals surface area contributed by atoms with Crippen LogP contribution in [0.1, 0.15) is 116 Å². The molecule has 1 aromatic rings. The van der Waals surface area contributed by atoms with Gasteiger partial charge >= 0.3 is 17.9 Å². The second-order valence-corrected chi connectivity index (χ2v) is 12.2. The summed E-state index contributed by atoms with van der Waals surface area (Å²) in [4.78, 5) is 62.6. The lowest BCUT2D eigenvalue weighted by Crippen LogP contribution is -2.55. The van der Waals surface area contributed by atoms with E-state index in [1.165, 1.54) is 18.9 Å². The highest BCUT2D eigenvalue weighted by Crippen LogP contribution is 2.26. The Morgan fingerprint density at radius 2 is 1.53 bits per heavy atom. The van der Waals surface area contributed by atoms with Crippen LogP contribution in [-0.2, 0) is 35.1 Å². The Labute approximate surface area is 290 Å². The van der Waals surface area contributed by atoms with Crippen LogP contribution in [0.15, 0.2) is 36.4 Å². The van der Waals surface area contributed by atoms with Gasteiger partial charge in [-0.2, -0.15) is 0 Å². The van der Waals surface area contributed by atoms with Crippen LogP contribution in [-0.4, -0.2) is 69.8 Å². The van der Waals surface area contributed by atoms with Crippen LogP contribution < -0.4 is 10.1 Å². The van der Waals surface area contributed by atoms with Crippen molar-refractivity contribution < 1.29 is 48.8 Å². The molecule has 11 heteroatoms. The van der Waals surface area contributed by atoms with Crippen molar-refractivity contribution in [3.05, 3.63) is 42.0 Å². The van der Waals surface area contributed by atoms with Crippen LogP contribution in [0.25, 0.3) is 0 Å². The van der Waals surface area contributed by atoms with Crippen LogP contribution in [0.5, 0.6) is 5.75 Å². The zero-order valence-electron chi connectivity index (χ0n) is 29.3. The molecule has 1 rings (SSSR count). The quantitative estimate of drug-likeness (QED) is 0.0383. The molecule has 0 aliphatic carbocycles. The molecule has 1 aromatic carbocycles. The minimum atomic E-state index is -2.90. The molecule has 1 amide bonds. The fourth-order valence-electron chi connectivity index (χ4n) is 5.10. The minimum Gasteiger partial charge on any atom is -0.481 e. The first kappa shape index (κ1) is 42.9. The highest BCUT2D eigenvalue weighted by Gasteiger charge is 2.49. The molecule has 11 nitrogen and oxygen atoms in total. The first-order valence-electron chi connectivity index (χ1n) is 17.4. The van der Waals surface area contributed by atoms with Gasteiger partial charge in [-0.15, -0.1) is 5.92 Å². The molecule has 0 aromatic heterocycles. The van der Waals surface area contributed by atoms with Crippen molar-refractivity contribution in [2.24, 2.45) is 5.92 Å². The molecule has 0 aliphatic heterocycles. The maximum atomic E-state index is 13.5. The number of ketones is 1. The molecule has 0 fully saturated rings. The molecular formula is C38H55NO10. The molecule has 0 aliphatic rings. The summed E-state index contributed by atoms with van der Waals surface area (Å²) in [6, 6.07) is 5.08. The molecule has 0 radical (unpaired) electrons.